The molecule has 0 saturated carbocycles. The first-order chi connectivity index (χ1) is 9.52. The topological polar surface area (TPSA) is 90.2 Å². The van der Waals surface area contributed by atoms with E-state index in [1.165, 1.54) is 6.33 Å². The van der Waals surface area contributed by atoms with E-state index in [-0.39, 0.29) is 17.4 Å². The minimum atomic E-state index is -0.577. The van der Waals surface area contributed by atoms with Crippen molar-refractivity contribution in [2.24, 2.45) is 0 Å². The Balaban J connectivity index is 2.42. The second kappa shape index (κ2) is 5.83. The van der Waals surface area contributed by atoms with Crippen LogP contribution in [-0.4, -0.2) is 21.9 Å². The highest BCUT2D eigenvalue weighted by molar-refractivity contribution is 9.10. The molecular formula is C12H11BrN4O3. The van der Waals surface area contributed by atoms with E-state index in [1.54, 1.807) is 25.2 Å². The molecule has 20 heavy (non-hydrogen) atoms. The zero-order valence-corrected chi connectivity index (χ0v) is 12.3. The highest BCUT2D eigenvalue weighted by Crippen LogP contribution is 2.34. The van der Waals surface area contributed by atoms with Gasteiger partial charge < -0.3 is 10.1 Å². The van der Waals surface area contributed by atoms with Gasteiger partial charge in [0.1, 0.15) is 12.1 Å². The van der Waals surface area contributed by atoms with E-state index in [4.69, 9.17) is 4.74 Å². The number of hydrogen-bond donors (Lipinski definition) is 1. The van der Waals surface area contributed by atoms with Gasteiger partial charge in [0.05, 0.1) is 4.92 Å². The van der Waals surface area contributed by atoms with Crippen molar-refractivity contribution in [1.82, 2.24) is 9.97 Å². The largest absolute Gasteiger partial charge is 0.434 e. The van der Waals surface area contributed by atoms with E-state index < -0.39 is 4.92 Å². The third-order valence-corrected chi connectivity index (χ3v) is 3.44. The summed E-state index contributed by atoms with van der Waals surface area (Å²) in [5.74, 6) is 0.472. The number of nitrogens with zero attached hydrogens (tertiary/aromatic N) is 3. The Kier molecular flexibility index (Phi) is 4.14. The number of benzene rings is 1. The lowest BCUT2D eigenvalue weighted by Gasteiger charge is -2.08. The lowest BCUT2D eigenvalue weighted by Crippen LogP contribution is -2.03. The molecule has 8 heteroatoms. The molecule has 0 bridgehead atoms. The highest BCUT2D eigenvalue weighted by Gasteiger charge is 2.24. The van der Waals surface area contributed by atoms with Crippen LogP contribution in [0, 0.1) is 17.0 Å². The summed E-state index contributed by atoms with van der Waals surface area (Å²) in [7, 11) is 1.54. The summed E-state index contributed by atoms with van der Waals surface area (Å²) in [5.41, 5.74) is 0.656. The standard InChI is InChI=1S/C12H11BrN4O3/c1-7-5-8(3-4-9(7)13)20-12-10(17(18)19)11(14-2)15-6-16-12/h3-6H,1-2H3,(H,14,15,16). The highest BCUT2D eigenvalue weighted by atomic mass is 79.9. The smallest absolute Gasteiger partial charge is 0.373 e. The van der Waals surface area contributed by atoms with E-state index in [9.17, 15) is 10.1 Å². The van der Waals surface area contributed by atoms with Crippen molar-refractivity contribution in [2.45, 2.75) is 6.92 Å². The Morgan fingerprint density at radius 3 is 2.75 bits per heavy atom. The van der Waals surface area contributed by atoms with Crippen molar-refractivity contribution in [2.75, 3.05) is 12.4 Å². The van der Waals surface area contributed by atoms with Crippen LogP contribution in [-0.2, 0) is 0 Å². The second-order valence-electron chi connectivity index (χ2n) is 3.90. The van der Waals surface area contributed by atoms with Gasteiger partial charge in [-0.15, -0.1) is 0 Å². The normalized spacial score (nSPS) is 10.2. The predicted molar refractivity (Wildman–Crippen MR) is 77.2 cm³/mol. The SMILES string of the molecule is CNc1ncnc(Oc2ccc(Br)c(C)c2)c1[N+](=O)[O-]. The molecule has 0 spiro atoms. The van der Waals surface area contributed by atoms with Gasteiger partial charge in [-0.3, -0.25) is 10.1 Å². The molecule has 1 aromatic carbocycles. The van der Waals surface area contributed by atoms with Crippen molar-refractivity contribution in [1.29, 1.82) is 0 Å². The van der Waals surface area contributed by atoms with Gasteiger partial charge in [0.15, 0.2) is 0 Å². The second-order valence-corrected chi connectivity index (χ2v) is 4.75. The van der Waals surface area contributed by atoms with Crippen LogP contribution in [0.3, 0.4) is 0 Å². The molecule has 0 saturated heterocycles. The summed E-state index contributed by atoms with van der Waals surface area (Å²) in [5, 5.41) is 13.8. The van der Waals surface area contributed by atoms with Crippen LogP contribution in [0.1, 0.15) is 5.56 Å². The molecule has 0 fully saturated rings. The van der Waals surface area contributed by atoms with Gasteiger partial charge >= 0.3 is 11.6 Å². The van der Waals surface area contributed by atoms with E-state index in [0.29, 0.717) is 5.75 Å². The van der Waals surface area contributed by atoms with Gasteiger partial charge in [-0.2, -0.15) is 4.98 Å². The molecule has 0 aliphatic rings. The number of aromatic nitrogens is 2. The minimum absolute atomic E-state index is 0.101. The summed E-state index contributed by atoms with van der Waals surface area (Å²) in [6, 6.07) is 5.26. The number of rotatable bonds is 4. The first-order valence-electron chi connectivity index (χ1n) is 5.64. The van der Waals surface area contributed by atoms with E-state index in [2.05, 4.69) is 31.2 Å². The molecule has 1 aromatic heterocycles. The quantitative estimate of drug-likeness (QED) is 0.679. The third-order valence-electron chi connectivity index (χ3n) is 2.55. The van der Waals surface area contributed by atoms with Gasteiger partial charge in [0.2, 0.25) is 5.82 Å². The van der Waals surface area contributed by atoms with Crippen LogP contribution < -0.4 is 10.1 Å². The summed E-state index contributed by atoms with van der Waals surface area (Å²) in [6.07, 6.45) is 1.21. The molecule has 0 aliphatic heterocycles. The first-order valence-corrected chi connectivity index (χ1v) is 6.43. The molecular weight excluding hydrogens is 328 g/mol. The molecule has 2 rings (SSSR count). The molecule has 2 aromatic rings. The lowest BCUT2D eigenvalue weighted by molar-refractivity contribution is -0.385. The minimum Gasteiger partial charge on any atom is -0.434 e. The maximum atomic E-state index is 11.1. The molecule has 0 aliphatic carbocycles. The maximum Gasteiger partial charge on any atom is 0.373 e. The summed E-state index contributed by atoms with van der Waals surface area (Å²) in [6.45, 7) is 1.89. The van der Waals surface area contributed by atoms with Gasteiger partial charge in [-0.25, -0.2) is 4.98 Å². The molecule has 7 nitrogen and oxygen atoms in total. The molecule has 0 unspecified atom stereocenters. The van der Waals surface area contributed by atoms with Crippen molar-refractivity contribution < 1.29 is 9.66 Å². The molecule has 0 radical (unpaired) electrons. The average molecular weight is 339 g/mol. The summed E-state index contributed by atoms with van der Waals surface area (Å²) in [4.78, 5) is 18.2. The van der Waals surface area contributed by atoms with Crippen LogP contribution >= 0.6 is 15.9 Å². The maximum absolute atomic E-state index is 11.1. The average Bonchev–Trinajstić information content (AvgIpc) is 2.42. The number of halogens is 1. The number of ether oxygens (including phenoxy) is 1. The summed E-state index contributed by atoms with van der Waals surface area (Å²) >= 11 is 3.38. The zero-order chi connectivity index (χ0) is 14.7. The Labute approximate surface area is 123 Å². The van der Waals surface area contributed by atoms with Gasteiger partial charge in [0, 0.05) is 11.5 Å². The van der Waals surface area contributed by atoms with E-state index in [1.807, 2.05) is 6.92 Å². The van der Waals surface area contributed by atoms with E-state index in [0.717, 1.165) is 10.0 Å². The number of nitro groups is 1. The number of anilines is 1. The fourth-order valence-corrected chi connectivity index (χ4v) is 1.82. The van der Waals surface area contributed by atoms with Crippen LogP contribution in [0.5, 0.6) is 11.6 Å². The zero-order valence-electron chi connectivity index (χ0n) is 10.8. The van der Waals surface area contributed by atoms with Crippen molar-refractivity contribution in [3.63, 3.8) is 0 Å². The fourth-order valence-electron chi connectivity index (χ4n) is 1.58. The third kappa shape index (κ3) is 2.85. The molecule has 1 heterocycles. The van der Waals surface area contributed by atoms with Crippen molar-refractivity contribution in [3.8, 4) is 11.6 Å². The molecule has 0 atom stereocenters. The fraction of sp³-hybridized carbons (Fsp3) is 0.167. The van der Waals surface area contributed by atoms with Crippen LogP contribution in [0.4, 0.5) is 11.5 Å². The Morgan fingerprint density at radius 1 is 1.40 bits per heavy atom. The Hall–Kier alpha value is -2.22. The number of aryl methyl sites for hydroxylation is 1. The number of hydrogen-bond acceptors (Lipinski definition) is 6. The predicted octanol–water partition coefficient (Wildman–Crippen LogP) is 3.29. The van der Waals surface area contributed by atoms with E-state index >= 15 is 0 Å². The van der Waals surface area contributed by atoms with Crippen LogP contribution in [0.25, 0.3) is 0 Å². The van der Waals surface area contributed by atoms with Gasteiger partial charge in [-0.05, 0) is 30.7 Å². The van der Waals surface area contributed by atoms with Crippen LogP contribution in [0.15, 0.2) is 29.0 Å². The Morgan fingerprint density at radius 2 is 2.15 bits per heavy atom. The van der Waals surface area contributed by atoms with Crippen molar-refractivity contribution in [3.05, 3.63) is 44.7 Å². The first kappa shape index (κ1) is 14.2. The van der Waals surface area contributed by atoms with Gasteiger partial charge in [-0.1, -0.05) is 15.9 Å². The lowest BCUT2D eigenvalue weighted by atomic mass is 10.2. The molecule has 1 N–H and O–H groups in total. The molecule has 104 valence electrons. The summed E-state index contributed by atoms with van der Waals surface area (Å²) < 4.78 is 6.42. The Bertz CT molecular complexity index is 663. The molecule has 0 amide bonds. The van der Waals surface area contributed by atoms with Crippen molar-refractivity contribution >= 4 is 27.4 Å². The monoisotopic (exact) mass is 338 g/mol. The number of nitrogens with one attached hydrogen (secondary N) is 1. The van der Waals surface area contributed by atoms with Gasteiger partial charge in [0.25, 0.3) is 0 Å². The van der Waals surface area contributed by atoms with Crippen LogP contribution in [0.2, 0.25) is 0 Å².